The highest BCUT2D eigenvalue weighted by Crippen LogP contribution is 2.15. The van der Waals surface area contributed by atoms with Crippen LogP contribution in [0.15, 0.2) is 18.5 Å². The third kappa shape index (κ3) is 3.46. The highest BCUT2D eigenvalue weighted by atomic mass is 16.1. The third-order valence-corrected chi connectivity index (χ3v) is 2.50. The van der Waals surface area contributed by atoms with Gasteiger partial charge in [0.05, 0.1) is 0 Å². The molecule has 2 nitrogen and oxygen atoms in total. The summed E-state index contributed by atoms with van der Waals surface area (Å²) in [4.78, 5) is 15.7. The van der Waals surface area contributed by atoms with Gasteiger partial charge < -0.3 is 0 Å². The second-order valence-electron chi connectivity index (χ2n) is 4.58. The molecular weight excluding hydrogens is 186 g/mol. The minimum absolute atomic E-state index is 0.104. The maximum absolute atomic E-state index is 11.6. The Morgan fingerprint density at radius 3 is 2.47 bits per heavy atom. The number of rotatable bonds is 4. The Labute approximate surface area is 91.7 Å². The first kappa shape index (κ1) is 11.9. The van der Waals surface area contributed by atoms with Crippen molar-refractivity contribution >= 4 is 5.78 Å². The summed E-state index contributed by atoms with van der Waals surface area (Å²) in [5.41, 5.74) is 2.23. The summed E-state index contributed by atoms with van der Waals surface area (Å²) in [6, 6.07) is 2.08. The molecule has 1 aromatic heterocycles. The number of carbonyl (C=O) groups is 1. The predicted molar refractivity (Wildman–Crippen MR) is 61.9 cm³/mol. The number of pyridine rings is 1. The van der Waals surface area contributed by atoms with Gasteiger partial charge in [-0.2, -0.15) is 0 Å². The Morgan fingerprint density at radius 2 is 1.93 bits per heavy atom. The third-order valence-electron chi connectivity index (χ3n) is 2.50. The minimum Gasteiger partial charge on any atom is -0.299 e. The SMILES string of the molecule is CC(C)C(=O)Cc1cncc(C(C)C)c1. The van der Waals surface area contributed by atoms with Crippen LogP contribution in [0.3, 0.4) is 0 Å². The van der Waals surface area contributed by atoms with Crippen molar-refractivity contribution in [3.63, 3.8) is 0 Å². The molecule has 0 N–H and O–H groups in total. The summed E-state index contributed by atoms with van der Waals surface area (Å²) in [6.45, 7) is 8.13. The highest BCUT2D eigenvalue weighted by Gasteiger charge is 2.09. The maximum Gasteiger partial charge on any atom is 0.139 e. The van der Waals surface area contributed by atoms with Gasteiger partial charge in [0, 0.05) is 24.7 Å². The molecule has 0 aliphatic carbocycles. The van der Waals surface area contributed by atoms with Gasteiger partial charge in [-0.25, -0.2) is 0 Å². The Hall–Kier alpha value is -1.18. The summed E-state index contributed by atoms with van der Waals surface area (Å²) in [7, 11) is 0. The fraction of sp³-hybridized carbons (Fsp3) is 0.538. The molecule has 1 heterocycles. The van der Waals surface area contributed by atoms with Gasteiger partial charge in [0.15, 0.2) is 0 Å². The fourth-order valence-electron chi connectivity index (χ4n) is 1.33. The zero-order valence-electron chi connectivity index (χ0n) is 9.95. The summed E-state index contributed by atoms with van der Waals surface area (Å²) in [6.07, 6.45) is 4.16. The van der Waals surface area contributed by atoms with Crippen LogP contribution in [0.1, 0.15) is 44.7 Å². The molecule has 0 saturated carbocycles. The van der Waals surface area contributed by atoms with Gasteiger partial charge in [-0.3, -0.25) is 9.78 Å². The number of aromatic nitrogens is 1. The molecule has 82 valence electrons. The van der Waals surface area contributed by atoms with Crippen molar-refractivity contribution in [2.24, 2.45) is 5.92 Å². The average Bonchev–Trinajstić information content (AvgIpc) is 2.18. The Balaban J connectivity index is 2.78. The lowest BCUT2D eigenvalue weighted by Crippen LogP contribution is -2.10. The van der Waals surface area contributed by atoms with Crippen LogP contribution in [-0.4, -0.2) is 10.8 Å². The summed E-state index contributed by atoms with van der Waals surface area (Å²) in [5, 5.41) is 0. The Morgan fingerprint density at radius 1 is 1.27 bits per heavy atom. The second kappa shape index (κ2) is 5.06. The summed E-state index contributed by atoms with van der Waals surface area (Å²) < 4.78 is 0. The predicted octanol–water partition coefficient (Wildman–Crippen LogP) is 2.97. The molecule has 0 fully saturated rings. The molecule has 0 aliphatic rings. The van der Waals surface area contributed by atoms with Crippen LogP contribution in [0, 0.1) is 5.92 Å². The van der Waals surface area contributed by atoms with Crippen LogP contribution in [0.5, 0.6) is 0 Å². The molecule has 0 unspecified atom stereocenters. The van der Waals surface area contributed by atoms with Crippen molar-refractivity contribution in [2.75, 3.05) is 0 Å². The molecule has 0 saturated heterocycles. The Kier molecular flexibility index (Phi) is 4.01. The molecule has 0 radical (unpaired) electrons. The van der Waals surface area contributed by atoms with Crippen LogP contribution in [0.2, 0.25) is 0 Å². The molecule has 0 spiro atoms. The molecule has 0 aliphatic heterocycles. The molecule has 0 aromatic carbocycles. The molecular formula is C13H19NO. The van der Waals surface area contributed by atoms with Crippen molar-refractivity contribution in [3.05, 3.63) is 29.6 Å². The van der Waals surface area contributed by atoms with Crippen molar-refractivity contribution in [1.29, 1.82) is 0 Å². The normalized spacial score (nSPS) is 11.1. The van der Waals surface area contributed by atoms with Gasteiger partial charge in [0.2, 0.25) is 0 Å². The molecule has 15 heavy (non-hydrogen) atoms. The monoisotopic (exact) mass is 205 g/mol. The minimum atomic E-state index is 0.104. The average molecular weight is 205 g/mol. The van der Waals surface area contributed by atoms with E-state index in [1.54, 1.807) is 6.20 Å². The smallest absolute Gasteiger partial charge is 0.139 e. The van der Waals surface area contributed by atoms with E-state index in [1.165, 1.54) is 5.56 Å². The quantitative estimate of drug-likeness (QED) is 0.756. The van der Waals surface area contributed by atoms with Crippen molar-refractivity contribution < 1.29 is 4.79 Å². The number of hydrogen-bond donors (Lipinski definition) is 0. The molecule has 0 bridgehead atoms. The maximum atomic E-state index is 11.6. The lowest BCUT2D eigenvalue weighted by molar-refractivity contribution is -0.121. The van der Waals surface area contributed by atoms with Crippen LogP contribution in [-0.2, 0) is 11.2 Å². The van der Waals surface area contributed by atoms with Gasteiger partial charge in [0.25, 0.3) is 0 Å². The molecule has 0 atom stereocenters. The van der Waals surface area contributed by atoms with Crippen molar-refractivity contribution in [2.45, 2.75) is 40.0 Å². The largest absolute Gasteiger partial charge is 0.299 e. The first-order chi connectivity index (χ1) is 7.00. The van der Waals surface area contributed by atoms with Gasteiger partial charge >= 0.3 is 0 Å². The van der Waals surface area contributed by atoms with E-state index in [9.17, 15) is 4.79 Å². The van der Waals surface area contributed by atoms with Gasteiger partial charge in [-0.05, 0) is 17.0 Å². The standard InChI is InChI=1S/C13H19NO/c1-9(2)12-5-11(7-14-8-12)6-13(15)10(3)4/h5,7-10H,6H2,1-4H3. The second-order valence-corrected chi connectivity index (χ2v) is 4.58. The molecule has 2 heteroatoms. The van der Waals surface area contributed by atoms with E-state index < -0.39 is 0 Å². The van der Waals surface area contributed by atoms with Crippen molar-refractivity contribution in [1.82, 2.24) is 4.98 Å². The first-order valence-corrected chi connectivity index (χ1v) is 5.47. The van der Waals surface area contributed by atoms with E-state index in [-0.39, 0.29) is 11.7 Å². The fourth-order valence-corrected chi connectivity index (χ4v) is 1.33. The van der Waals surface area contributed by atoms with E-state index in [4.69, 9.17) is 0 Å². The van der Waals surface area contributed by atoms with Crippen LogP contribution in [0.4, 0.5) is 0 Å². The zero-order chi connectivity index (χ0) is 11.4. The summed E-state index contributed by atoms with van der Waals surface area (Å²) in [5.74, 6) is 0.844. The molecule has 1 aromatic rings. The number of ketones is 1. The lowest BCUT2D eigenvalue weighted by Gasteiger charge is -2.08. The van der Waals surface area contributed by atoms with Gasteiger partial charge in [0.1, 0.15) is 5.78 Å². The van der Waals surface area contributed by atoms with E-state index in [1.807, 2.05) is 20.0 Å². The van der Waals surface area contributed by atoms with Gasteiger partial charge in [-0.15, -0.1) is 0 Å². The van der Waals surface area contributed by atoms with Crippen LogP contribution < -0.4 is 0 Å². The Bertz CT molecular complexity index is 342. The van der Waals surface area contributed by atoms with Crippen molar-refractivity contribution in [3.8, 4) is 0 Å². The number of hydrogen-bond acceptors (Lipinski definition) is 2. The lowest BCUT2D eigenvalue weighted by atomic mass is 9.99. The molecule has 1 rings (SSSR count). The van der Waals surface area contributed by atoms with E-state index in [0.29, 0.717) is 12.3 Å². The van der Waals surface area contributed by atoms with Crippen LogP contribution in [0.25, 0.3) is 0 Å². The van der Waals surface area contributed by atoms with Gasteiger partial charge in [-0.1, -0.05) is 33.8 Å². The van der Waals surface area contributed by atoms with E-state index in [0.717, 1.165) is 5.56 Å². The van der Waals surface area contributed by atoms with E-state index >= 15 is 0 Å². The van der Waals surface area contributed by atoms with E-state index in [2.05, 4.69) is 24.9 Å². The number of Topliss-reactive ketones (excluding diaryl/α,β-unsaturated/α-hetero) is 1. The first-order valence-electron chi connectivity index (χ1n) is 5.47. The zero-order valence-corrected chi connectivity index (χ0v) is 9.95. The highest BCUT2D eigenvalue weighted by molar-refractivity contribution is 5.82. The number of carbonyl (C=O) groups excluding carboxylic acids is 1. The molecule has 0 amide bonds. The topological polar surface area (TPSA) is 30.0 Å². The van der Waals surface area contributed by atoms with Crippen LogP contribution >= 0.6 is 0 Å². The number of nitrogens with zero attached hydrogens (tertiary/aromatic N) is 1. The summed E-state index contributed by atoms with van der Waals surface area (Å²) >= 11 is 0.